The smallest absolute Gasteiger partial charge is 0.342 e. The molecule has 0 aromatic heterocycles. The van der Waals surface area contributed by atoms with Crippen LogP contribution in [0.1, 0.15) is 36.2 Å². The number of hydrogen-bond donors (Lipinski definition) is 0. The van der Waals surface area contributed by atoms with Crippen molar-refractivity contribution in [3.8, 4) is 5.75 Å². The summed E-state index contributed by atoms with van der Waals surface area (Å²) in [6, 6.07) is 4.75. The minimum Gasteiger partial charge on any atom is -0.496 e. The Labute approximate surface area is 154 Å². The van der Waals surface area contributed by atoms with Gasteiger partial charge < -0.3 is 14.4 Å². The van der Waals surface area contributed by atoms with Crippen molar-refractivity contribution in [1.29, 1.82) is 0 Å². The average Bonchev–Trinajstić information content (AvgIpc) is 2.94. The Kier molecular flexibility index (Phi) is 6.28. The molecule has 1 fully saturated rings. The first-order valence-corrected chi connectivity index (χ1v) is 10.4. The maximum atomic E-state index is 12.7. The third-order valence-corrected chi connectivity index (χ3v) is 6.23. The van der Waals surface area contributed by atoms with Crippen LogP contribution in [0.5, 0.6) is 5.75 Å². The first-order valence-electron chi connectivity index (χ1n) is 8.55. The van der Waals surface area contributed by atoms with Crippen molar-refractivity contribution in [2.45, 2.75) is 39.3 Å². The SMILES string of the molecule is CCN(C(=O)[C@@H](C)OC(=O)c1cc(C)ccc1OC)[C@@H]1CCS(=O)(=O)C1. The lowest BCUT2D eigenvalue weighted by Crippen LogP contribution is -2.46. The van der Waals surface area contributed by atoms with Crippen LogP contribution in [0.2, 0.25) is 0 Å². The third kappa shape index (κ3) is 4.55. The van der Waals surface area contributed by atoms with Crippen LogP contribution in [0.15, 0.2) is 18.2 Å². The van der Waals surface area contributed by atoms with Gasteiger partial charge in [0.15, 0.2) is 15.9 Å². The second kappa shape index (κ2) is 8.07. The number of nitrogens with zero attached hydrogens (tertiary/aromatic N) is 1. The molecule has 26 heavy (non-hydrogen) atoms. The molecule has 8 heteroatoms. The number of hydrogen-bond acceptors (Lipinski definition) is 6. The zero-order chi connectivity index (χ0) is 19.5. The number of rotatable bonds is 6. The summed E-state index contributed by atoms with van der Waals surface area (Å²) in [6.07, 6.45) is -0.607. The van der Waals surface area contributed by atoms with E-state index in [4.69, 9.17) is 9.47 Å². The maximum Gasteiger partial charge on any atom is 0.342 e. The molecule has 1 aromatic rings. The summed E-state index contributed by atoms with van der Waals surface area (Å²) < 4.78 is 33.9. The first-order chi connectivity index (χ1) is 12.2. The van der Waals surface area contributed by atoms with Gasteiger partial charge in [-0.25, -0.2) is 13.2 Å². The topological polar surface area (TPSA) is 90.0 Å². The van der Waals surface area contributed by atoms with Gasteiger partial charge in [-0.15, -0.1) is 0 Å². The Morgan fingerprint density at radius 2 is 2.04 bits per heavy atom. The Morgan fingerprint density at radius 3 is 2.58 bits per heavy atom. The summed E-state index contributed by atoms with van der Waals surface area (Å²) in [5.74, 6) is -0.639. The molecular formula is C18H25NO6S. The summed E-state index contributed by atoms with van der Waals surface area (Å²) in [4.78, 5) is 26.6. The minimum atomic E-state index is -3.11. The van der Waals surface area contributed by atoms with Crippen LogP contribution in [0, 0.1) is 6.92 Å². The number of benzene rings is 1. The Morgan fingerprint density at radius 1 is 1.35 bits per heavy atom. The highest BCUT2D eigenvalue weighted by Gasteiger charge is 2.36. The molecule has 2 atom stereocenters. The number of amides is 1. The van der Waals surface area contributed by atoms with Crippen LogP contribution in [-0.4, -0.2) is 62.5 Å². The number of carbonyl (C=O) groups is 2. The van der Waals surface area contributed by atoms with Crippen molar-refractivity contribution in [3.63, 3.8) is 0 Å². The average molecular weight is 383 g/mol. The number of sulfone groups is 1. The van der Waals surface area contributed by atoms with Crippen molar-refractivity contribution >= 4 is 21.7 Å². The summed E-state index contributed by atoms with van der Waals surface area (Å²) in [5, 5.41) is 0. The monoisotopic (exact) mass is 383 g/mol. The van der Waals surface area contributed by atoms with E-state index in [2.05, 4.69) is 0 Å². The van der Waals surface area contributed by atoms with E-state index in [1.165, 1.54) is 18.9 Å². The molecule has 0 aliphatic carbocycles. The lowest BCUT2D eigenvalue weighted by Gasteiger charge is -2.29. The van der Waals surface area contributed by atoms with E-state index in [0.717, 1.165) is 5.56 Å². The molecule has 1 aromatic carbocycles. The molecule has 1 amide bonds. The van der Waals surface area contributed by atoms with E-state index in [9.17, 15) is 18.0 Å². The Bertz CT molecular complexity index is 789. The zero-order valence-electron chi connectivity index (χ0n) is 15.5. The quantitative estimate of drug-likeness (QED) is 0.693. The largest absolute Gasteiger partial charge is 0.496 e. The van der Waals surface area contributed by atoms with Gasteiger partial charge in [0, 0.05) is 12.6 Å². The molecule has 1 aliphatic heterocycles. The first kappa shape index (κ1) is 20.2. The molecule has 0 spiro atoms. The standard InChI is InChI=1S/C18H25NO6S/c1-5-19(14-8-9-26(22,23)11-14)17(20)13(3)25-18(21)15-10-12(2)6-7-16(15)24-4/h6-7,10,13-14H,5,8-9,11H2,1-4H3/t13-,14-/m1/s1. The number of likely N-dealkylation sites (N-methyl/N-ethyl adjacent to an activating group) is 1. The molecule has 0 bridgehead atoms. The maximum absolute atomic E-state index is 12.7. The number of carbonyl (C=O) groups excluding carboxylic acids is 2. The predicted octanol–water partition coefficient (Wildman–Crippen LogP) is 1.58. The zero-order valence-corrected chi connectivity index (χ0v) is 16.3. The fourth-order valence-corrected chi connectivity index (χ4v) is 4.84. The van der Waals surface area contributed by atoms with E-state index in [1.54, 1.807) is 19.1 Å². The Balaban J connectivity index is 2.10. The van der Waals surface area contributed by atoms with Gasteiger partial charge in [0.05, 0.1) is 18.6 Å². The van der Waals surface area contributed by atoms with E-state index in [0.29, 0.717) is 18.7 Å². The van der Waals surface area contributed by atoms with Gasteiger partial charge in [-0.1, -0.05) is 11.6 Å². The predicted molar refractivity (Wildman–Crippen MR) is 97.1 cm³/mol. The summed E-state index contributed by atoms with van der Waals surface area (Å²) in [6.45, 7) is 5.47. The van der Waals surface area contributed by atoms with Crippen LogP contribution in [0.25, 0.3) is 0 Å². The number of esters is 1. The van der Waals surface area contributed by atoms with Gasteiger partial charge in [-0.3, -0.25) is 4.79 Å². The second-order valence-corrected chi connectivity index (χ2v) is 8.66. The number of methoxy groups -OCH3 is 1. The molecular weight excluding hydrogens is 358 g/mol. The van der Waals surface area contributed by atoms with Crippen LogP contribution in [0.4, 0.5) is 0 Å². The van der Waals surface area contributed by atoms with Crippen LogP contribution >= 0.6 is 0 Å². The summed E-state index contributed by atoms with van der Waals surface area (Å²) in [7, 11) is -1.65. The van der Waals surface area contributed by atoms with Crippen molar-refractivity contribution in [2.24, 2.45) is 0 Å². The molecule has 2 rings (SSSR count). The summed E-state index contributed by atoms with van der Waals surface area (Å²) in [5.41, 5.74) is 1.11. The van der Waals surface area contributed by atoms with Crippen molar-refractivity contribution < 1.29 is 27.5 Å². The third-order valence-electron chi connectivity index (χ3n) is 4.48. The van der Waals surface area contributed by atoms with Gasteiger partial charge in [0.25, 0.3) is 5.91 Å². The van der Waals surface area contributed by atoms with Gasteiger partial charge in [0.1, 0.15) is 11.3 Å². The molecule has 1 saturated heterocycles. The Hall–Kier alpha value is -2.09. The fourth-order valence-electron chi connectivity index (χ4n) is 3.10. The molecule has 0 saturated carbocycles. The normalized spacial score (nSPS) is 19.6. The lowest BCUT2D eigenvalue weighted by atomic mass is 10.1. The lowest BCUT2D eigenvalue weighted by molar-refractivity contribution is -0.141. The van der Waals surface area contributed by atoms with Crippen LogP contribution in [0.3, 0.4) is 0 Å². The van der Waals surface area contributed by atoms with Crippen molar-refractivity contribution in [1.82, 2.24) is 4.90 Å². The van der Waals surface area contributed by atoms with E-state index in [1.807, 2.05) is 13.0 Å². The second-order valence-electron chi connectivity index (χ2n) is 6.43. The molecule has 7 nitrogen and oxygen atoms in total. The highest BCUT2D eigenvalue weighted by molar-refractivity contribution is 7.91. The highest BCUT2D eigenvalue weighted by Crippen LogP contribution is 2.22. The van der Waals surface area contributed by atoms with E-state index < -0.39 is 27.8 Å². The van der Waals surface area contributed by atoms with E-state index >= 15 is 0 Å². The van der Waals surface area contributed by atoms with Crippen LogP contribution < -0.4 is 4.74 Å². The van der Waals surface area contributed by atoms with E-state index in [-0.39, 0.29) is 23.1 Å². The van der Waals surface area contributed by atoms with Crippen molar-refractivity contribution in [2.75, 3.05) is 25.2 Å². The molecule has 1 heterocycles. The number of ether oxygens (including phenoxy) is 2. The summed E-state index contributed by atoms with van der Waals surface area (Å²) >= 11 is 0. The van der Waals surface area contributed by atoms with Gasteiger partial charge in [-0.05, 0) is 39.3 Å². The van der Waals surface area contributed by atoms with Gasteiger partial charge in [0.2, 0.25) is 0 Å². The van der Waals surface area contributed by atoms with Gasteiger partial charge >= 0.3 is 5.97 Å². The van der Waals surface area contributed by atoms with Crippen LogP contribution in [-0.2, 0) is 19.4 Å². The van der Waals surface area contributed by atoms with Crippen molar-refractivity contribution in [3.05, 3.63) is 29.3 Å². The van der Waals surface area contributed by atoms with Gasteiger partial charge in [-0.2, -0.15) is 0 Å². The molecule has 0 radical (unpaired) electrons. The highest BCUT2D eigenvalue weighted by atomic mass is 32.2. The number of aryl methyl sites for hydroxylation is 1. The minimum absolute atomic E-state index is 0.0427. The molecule has 1 aliphatic rings. The molecule has 144 valence electrons. The fraction of sp³-hybridized carbons (Fsp3) is 0.556. The molecule has 0 N–H and O–H groups in total. The molecule has 0 unspecified atom stereocenters.